The number of anilines is 1. The number of hydrogen-bond donors (Lipinski definition) is 1. The minimum absolute atomic E-state index is 0.0664. The van der Waals surface area contributed by atoms with Crippen LogP contribution in [0.3, 0.4) is 0 Å². The summed E-state index contributed by atoms with van der Waals surface area (Å²) in [4.78, 5) is 36.6. The summed E-state index contributed by atoms with van der Waals surface area (Å²) in [6.45, 7) is 1.67. The summed E-state index contributed by atoms with van der Waals surface area (Å²) in [5, 5.41) is 8.76. The van der Waals surface area contributed by atoms with Crippen molar-refractivity contribution in [3.05, 3.63) is 59.7 Å². The van der Waals surface area contributed by atoms with Gasteiger partial charge in [0.05, 0.1) is 19.9 Å². The lowest BCUT2D eigenvalue weighted by atomic mass is 10.1. The maximum atomic E-state index is 12.7. The van der Waals surface area contributed by atoms with Crippen molar-refractivity contribution in [1.82, 2.24) is 5.32 Å². The third kappa shape index (κ3) is 4.48. The number of nitrogens with one attached hydrogen (secondary N) is 1. The summed E-state index contributed by atoms with van der Waals surface area (Å²) < 4.78 is 9.94. The third-order valence-corrected chi connectivity index (χ3v) is 4.78. The molecule has 1 aliphatic heterocycles. The van der Waals surface area contributed by atoms with Crippen LogP contribution in [-0.2, 0) is 20.9 Å². The fourth-order valence-corrected chi connectivity index (χ4v) is 3.20. The van der Waals surface area contributed by atoms with Gasteiger partial charge in [-0.2, -0.15) is 5.10 Å². The molecule has 0 saturated heterocycles. The first-order valence-electron chi connectivity index (χ1n) is 9.40. The fraction of sp³-hybridized carbons (Fsp3) is 0.273. The Labute approximate surface area is 174 Å². The largest absolute Gasteiger partial charge is 0.496 e. The van der Waals surface area contributed by atoms with Gasteiger partial charge in [-0.15, -0.1) is 0 Å². The van der Waals surface area contributed by atoms with Crippen LogP contribution in [0, 0.1) is 0 Å². The van der Waals surface area contributed by atoms with Crippen LogP contribution >= 0.6 is 0 Å². The highest BCUT2D eigenvalue weighted by Gasteiger charge is 2.34. The number of carbonyl (C=O) groups excluding carboxylic acids is 3. The van der Waals surface area contributed by atoms with Crippen molar-refractivity contribution in [1.29, 1.82) is 0 Å². The smallest absolute Gasteiger partial charge is 0.341 e. The van der Waals surface area contributed by atoms with Crippen LogP contribution in [0.4, 0.5) is 5.69 Å². The van der Waals surface area contributed by atoms with Crippen molar-refractivity contribution in [2.24, 2.45) is 5.10 Å². The molecule has 2 aromatic rings. The minimum atomic E-state index is -0.525. The lowest BCUT2D eigenvalue weighted by molar-refractivity contribution is -0.118. The number of hydrogen-bond acceptors (Lipinski definition) is 7. The molecule has 2 aromatic carbocycles. The number of methoxy groups -OCH3 is 2. The highest BCUT2D eigenvalue weighted by molar-refractivity contribution is 6.40. The Morgan fingerprint density at radius 3 is 2.50 bits per heavy atom. The molecular formula is C22H23N3O5. The number of nitrogens with zero attached hydrogens (tertiary/aromatic N) is 2. The lowest BCUT2D eigenvalue weighted by Gasteiger charge is -2.20. The van der Waals surface area contributed by atoms with Crippen molar-refractivity contribution in [3.8, 4) is 5.75 Å². The number of para-hydroxylation sites is 1. The quantitative estimate of drug-likeness (QED) is 0.705. The van der Waals surface area contributed by atoms with Gasteiger partial charge in [0.15, 0.2) is 5.78 Å². The van der Waals surface area contributed by atoms with E-state index in [1.807, 2.05) is 30.3 Å². The Morgan fingerprint density at radius 2 is 1.87 bits per heavy atom. The Bertz CT molecular complexity index is 988. The monoisotopic (exact) mass is 409 g/mol. The number of benzene rings is 2. The molecule has 1 unspecified atom stereocenters. The number of rotatable bonds is 7. The predicted molar refractivity (Wildman–Crippen MR) is 112 cm³/mol. The van der Waals surface area contributed by atoms with Crippen LogP contribution in [0.1, 0.15) is 29.3 Å². The van der Waals surface area contributed by atoms with Crippen molar-refractivity contribution in [3.63, 3.8) is 0 Å². The maximum Gasteiger partial charge on any atom is 0.341 e. The molecular weight excluding hydrogens is 386 g/mol. The number of carbonyl (C=O) groups is 3. The summed E-state index contributed by atoms with van der Waals surface area (Å²) in [5.74, 6) is -0.568. The van der Waals surface area contributed by atoms with Crippen LogP contribution in [0.25, 0.3) is 0 Å². The van der Waals surface area contributed by atoms with E-state index in [2.05, 4.69) is 10.4 Å². The summed E-state index contributed by atoms with van der Waals surface area (Å²) in [7, 11) is 2.75. The van der Waals surface area contributed by atoms with E-state index >= 15 is 0 Å². The molecule has 3 rings (SSSR count). The Kier molecular flexibility index (Phi) is 6.46. The fourth-order valence-electron chi connectivity index (χ4n) is 3.20. The average molecular weight is 409 g/mol. The Balaban J connectivity index is 1.73. The molecule has 0 aromatic heterocycles. The molecule has 1 amide bonds. The van der Waals surface area contributed by atoms with Gasteiger partial charge < -0.3 is 14.8 Å². The van der Waals surface area contributed by atoms with Gasteiger partial charge in [-0.05, 0) is 36.8 Å². The van der Waals surface area contributed by atoms with Gasteiger partial charge in [-0.1, -0.05) is 24.3 Å². The van der Waals surface area contributed by atoms with Crippen LogP contribution < -0.4 is 15.1 Å². The van der Waals surface area contributed by atoms with E-state index in [9.17, 15) is 14.4 Å². The second kappa shape index (κ2) is 9.21. The number of ether oxygens (including phenoxy) is 2. The van der Waals surface area contributed by atoms with E-state index in [4.69, 9.17) is 9.47 Å². The molecule has 1 aliphatic rings. The van der Waals surface area contributed by atoms with Crippen molar-refractivity contribution >= 4 is 29.1 Å². The van der Waals surface area contributed by atoms with Crippen LogP contribution in [-0.4, -0.2) is 43.6 Å². The van der Waals surface area contributed by atoms with E-state index in [1.54, 1.807) is 23.2 Å². The van der Waals surface area contributed by atoms with E-state index in [-0.39, 0.29) is 35.9 Å². The van der Waals surface area contributed by atoms with Crippen molar-refractivity contribution in [2.75, 3.05) is 19.2 Å². The van der Waals surface area contributed by atoms with Crippen molar-refractivity contribution < 1.29 is 23.9 Å². The van der Waals surface area contributed by atoms with Gasteiger partial charge in [0.2, 0.25) is 0 Å². The Morgan fingerprint density at radius 1 is 1.13 bits per heavy atom. The number of hydrazone groups is 1. The highest BCUT2D eigenvalue weighted by Crippen LogP contribution is 2.25. The first kappa shape index (κ1) is 21.0. The molecule has 156 valence electrons. The maximum absolute atomic E-state index is 12.7. The molecule has 0 bridgehead atoms. The molecule has 1 atom stereocenters. The zero-order valence-corrected chi connectivity index (χ0v) is 17.0. The minimum Gasteiger partial charge on any atom is -0.496 e. The lowest BCUT2D eigenvalue weighted by Crippen LogP contribution is -2.34. The molecule has 8 nitrogen and oxygen atoms in total. The molecule has 1 N–H and O–H groups in total. The van der Waals surface area contributed by atoms with E-state index < -0.39 is 12.0 Å². The summed E-state index contributed by atoms with van der Waals surface area (Å²) in [6.07, 6.45) is 0.228. The second-order valence-electron chi connectivity index (χ2n) is 6.77. The number of esters is 1. The molecule has 1 heterocycles. The second-order valence-corrected chi connectivity index (χ2v) is 6.77. The van der Waals surface area contributed by atoms with Crippen molar-refractivity contribution in [2.45, 2.75) is 25.9 Å². The summed E-state index contributed by atoms with van der Waals surface area (Å²) in [6, 6.07) is 13.7. The molecule has 0 aliphatic carbocycles. The average Bonchev–Trinajstić information content (AvgIpc) is 3.23. The predicted octanol–water partition coefficient (Wildman–Crippen LogP) is 2.32. The summed E-state index contributed by atoms with van der Waals surface area (Å²) >= 11 is 0. The van der Waals surface area contributed by atoms with Crippen LogP contribution in [0.15, 0.2) is 53.6 Å². The zero-order valence-electron chi connectivity index (χ0n) is 17.0. The van der Waals surface area contributed by atoms with E-state index in [1.165, 1.54) is 21.1 Å². The van der Waals surface area contributed by atoms with Gasteiger partial charge in [-0.25, -0.2) is 4.79 Å². The van der Waals surface area contributed by atoms with Crippen LogP contribution in [0.2, 0.25) is 0 Å². The third-order valence-electron chi connectivity index (χ3n) is 4.78. The normalized spacial score (nSPS) is 15.4. The SMILES string of the molecule is COC(=O)c1cc(CNC(=O)C2=NN(c3ccccc3)C(C(C)=O)C2)ccc1OC. The van der Waals surface area contributed by atoms with Gasteiger partial charge in [0, 0.05) is 13.0 Å². The highest BCUT2D eigenvalue weighted by atomic mass is 16.5. The zero-order chi connectivity index (χ0) is 21.7. The first-order chi connectivity index (χ1) is 14.4. The number of amides is 1. The van der Waals surface area contributed by atoms with Gasteiger partial charge in [0.1, 0.15) is 23.1 Å². The summed E-state index contributed by atoms with van der Waals surface area (Å²) in [5.41, 5.74) is 2.00. The van der Waals surface area contributed by atoms with Gasteiger partial charge in [-0.3, -0.25) is 14.6 Å². The molecule has 30 heavy (non-hydrogen) atoms. The van der Waals surface area contributed by atoms with E-state index in [0.29, 0.717) is 11.3 Å². The number of ketones is 1. The Hall–Kier alpha value is -3.68. The van der Waals surface area contributed by atoms with Gasteiger partial charge >= 0.3 is 5.97 Å². The molecule has 8 heteroatoms. The van der Waals surface area contributed by atoms with Crippen LogP contribution in [0.5, 0.6) is 5.75 Å². The van der Waals surface area contributed by atoms with E-state index in [0.717, 1.165) is 5.69 Å². The topological polar surface area (TPSA) is 97.3 Å². The molecule has 0 fully saturated rings. The molecule has 0 saturated carbocycles. The molecule has 0 radical (unpaired) electrons. The molecule has 0 spiro atoms. The van der Waals surface area contributed by atoms with Gasteiger partial charge in [0.25, 0.3) is 5.91 Å². The first-order valence-corrected chi connectivity index (χ1v) is 9.40. The number of Topliss-reactive ketones (excluding diaryl/α,β-unsaturated/α-hetero) is 1. The standard InChI is InChI=1S/C22H23N3O5/c1-14(26)19-12-18(24-25(19)16-7-5-4-6-8-16)21(27)23-13-15-9-10-20(29-2)17(11-15)22(28)30-3/h4-11,19H,12-13H2,1-3H3,(H,23,27).